The van der Waals surface area contributed by atoms with Crippen molar-refractivity contribution in [1.82, 2.24) is 9.80 Å². The number of methoxy groups -OCH3 is 2. The Morgan fingerprint density at radius 3 is 2.52 bits per heavy atom. The lowest BCUT2D eigenvalue weighted by atomic mass is 9.95. The summed E-state index contributed by atoms with van der Waals surface area (Å²) in [5.74, 6) is -0.844. The largest absolute Gasteiger partial charge is 0.507 e. The monoisotopic (exact) mass is 444 g/mol. The Kier molecular flexibility index (Phi) is 6.87. The van der Waals surface area contributed by atoms with Crippen molar-refractivity contribution in [2.45, 2.75) is 6.04 Å². The lowest BCUT2D eigenvalue weighted by Crippen LogP contribution is -2.35. The lowest BCUT2D eigenvalue weighted by molar-refractivity contribution is -0.140. The number of halogens is 1. The molecule has 31 heavy (non-hydrogen) atoms. The standard InChI is InChI=1S/C23H25ClN2O5/c1-25(2)10-11-26-20(14-6-5-7-16(12-14)30-3)19(22(28)23(26)29)21(27)17-13-15(24)8-9-18(17)31-4/h5-9,12-13,20,27H,10-11H2,1-4H3/b21-19+. The van der Waals surface area contributed by atoms with Crippen LogP contribution in [0.2, 0.25) is 5.02 Å². The molecule has 0 aromatic heterocycles. The fourth-order valence-electron chi connectivity index (χ4n) is 3.59. The maximum absolute atomic E-state index is 13.1. The maximum Gasteiger partial charge on any atom is 0.295 e. The molecule has 2 aromatic rings. The van der Waals surface area contributed by atoms with Gasteiger partial charge >= 0.3 is 0 Å². The second-order valence-electron chi connectivity index (χ2n) is 7.42. The van der Waals surface area contributed by atoms with E-state index in [1.807, 2.05) is 19.0 Å². The molecule has 1 saturated heterocycles. The first-order valence-electron chi connectivity index (χ1n) is 9.69. The van der Waals surface area contributed by atoms with E-state index in [0.717, 1.165) is 0 Å². The maximum atomic E-state index is 13.1. The molecule has 1 unspecified atom stereocenters. The molecule has 1 N–H and O–H groups in total. The van der Waals surface area contributed by atoms with E-state index in [4.69, 9.17) is 21.1 Å². The third-order valence-corrected chi connectivity index (χ3v) is 5.39. The van der Waals surface area contributed by atoms with E-state index in [2.05, 4.69) is 0 Å². The van der Waals surface area contributed by atoms with Gasteiger partial charge in [-0.15, -0.1) is 0 Å². The number of carbonyl (C=O) groups excluding carboxylic acids is 2. The lowest BCUT2D eigenvalue weighted by Gasteiger charge is -2.27. The van der Waals surface area contributed by atoms with Crippen LogP contribution in [-0.2, 0) is 9.59 Å². The van der Waals surface area contributed by atoms with Crippen LogP contribution in [0.1, 0.15) is 17.2 Å². The van der Waals surface area contributed by atoms with Crippen LogP contribution in [0.15, 0.2) is 48.0 Å². The Labute approximate surface area is 186 Å². The third kappa shape index (κ3) is 4.52. The number of aliphatic hydroxyl groups excluding tert-OH is 1. The Hall–Kier alpha value is -3.03. The summed E-state index contributed by atoms with van der Waals surface area (Å²) in [6.07, 6.45) is 0. The molecule has 1 atom stereocenters. The van der Waals surface area contributed by atoms with Gasteiger partial charge in [0.15, 0.2) is 0 Å². The van der Waals surface area contributed by atoms with Crippen LogP contribution >= 0.6 is 11.6 Å². The number of aliphatic hydroxyl groups is 1. The Morgan fingerprint density at radius 1 is 1.13 bits per heavy atom. The summed E-state index contributed by atoms with van der Waals surface area (Å²) >= 11 is 6.12. The molecule has 8 heteroatoms. The van der Waals surface area contributed by atoms with Crippen molar-refractivity contribution < 1.29 is 24.2 Å². The summed E-state index contributed by atoms with van der Waals surface area (Å²) in [7, 11) is 6.76. The topological polar surface area (TPSA) is 79.3 Å². The van der Waals surface area contributed by atoms with Crippen molar-refractivity contribution in [2.24, 2.45) is 0 Å². The zero-order chi connectivity index (χ0) is 22.7. The van der Waals surface area contributed by atoms with E-state index in [-0.39, 0.29) is 16.9 Å². The highest BCUT2D eigenvalue weighted by Gasteiger charge is 2.46. The minimum Gasteiger partial charge on any atom is -0.507 e. The van der Waals surface area contributed by atoms with Crippen LogP contribution in [0.4, 0.5) is 0 Å². The van der Waals surface area contributed by atoms with Crippen molar-refractivity contribution in [1.29, 1.82) is 0 Å². The van der Waals surface area contributed by atoms with E-state index in [0.29, 0.717) is 35.2 Å². The van der Waals surface area contributed by atoms with Crippen LogP contribution in [0.25, 0.3) is 5.76 Å². The first kappa shape index (κ1) is 22.7. The van der Waals surface area contributed by atoms with Gasteiger partial charge in [0.05, 0.1) is 31.4 Å². The number of Topliss-reactive ketones (excluding diaryl/α,β-unsaturated/α-hetero) is 1. The molecule has 0 aliphatic carbocycles. The van der Waals surface area contributed by atoms with Gasteiger partial charge in [0.2, 0.25) is 0 Å². The number of likely N-dealkylation sites (N-methyl/N-ethyl adjacent to an activating group) is 1. The Balaban J connectivity index is 2.22. The summed E-state index contributed by atoms with van der Waals surface area (Å²) in [6, 6.07) is 11.0. The normalized spacial score (nSPS) is 18.0. The highest BCUT2D eigenvalue weighted by atomic mass is 35.5. The number of likely N-dealkylation sites (tertiary alicyclic amines) is 1. The average Bonchev–Trinajstić information content (AvgIpc) is 3.01. The minimum absolute atomic E-state index is 0.0161. The van der Waals surface area contributed by atoms with E-state index < -0.39 is 17.7 Å². The predicted molar refractivity (Wildman–Crippen MR) is 119 cm³/mol. The number of amides is 1. The van der Waals surface area contributed by atoms with Gasteiger partial charge in [-0.1, -0.05) is 23.7 Å². The van der Waals surface area contributed by atoms with Gasteiger partial charge in [0.1, 0.15) is 17.3 Å². The van der Waals surface area contributed by atoms with Crippen LogP contribution < -0.4 is 9.47 Å². The first-order chi connectivity index (χ1) is 14.8. The number of hydrogen-bond donors (Lipinski definition) is 1. The predicted octanol–water partition coefficient (Wildman–Crippen LogP) is 3.34. The third-order valence-electron chi connectivity index (χ3n) is 5.15. The smallest absolute Gasteiger partial charge is 0.295 e. The fourth-order valence-corrected chi connectivity index (χ4v) is 3.76. The minimum atomic E-state index is -0.779. The number of ether oxygens (including phenoxy) is 2. The van der Waals surface area contributed by atoms with Crippen molar-refractivity contribution in [3.05, 3.63) is 64.2 Å². The van der Waals surface area contributed by atoms with Gasteiger partial charge in [-0.3, -0.25) is 9.59 Å². The SMILES string of the molecule is COc1cccc(C2/C(=C(\O)c3cc(Cl)ccc3OC)C(=O)C(=O)N2CCN(C)C)c1. The molecule has 1 heterocycles. The van der Waals surface area contributed by atoms with Gasteiger partial charge in [-0.05, 0) is 50.0 Å². The van der Waals surface area contributed by atoms with Gasteiger partial charge in [-0.25, -0.2) is 0 Å². The molecule has 1 aliphatic heterocycles. The van der Waals surface area contributed by atoms with Crippen molar-refractivity contribution >= 4 is 29.1 Å². The molecule has 1 amide bonds. The van der Waals surface area contributed by atoms with Crippen molar-refractivity contribution in [3.8, 4) is 11.5 Å². The first-order valence-corrected chi connectivity index (χ1v) is 10.1. The fraction of sp³-hybridized carbons (Fsp3) is 0.304. The number of benzene rings is 2. The van der Waals surface area contributed by atoms with Crippen molar-refractivity contribution in [2.75, 3.05) is 41.4 Å². The molecule has 164 valence electrons. The highest BCUT2D eigenvalue weighted by Crippen LogP contribution is 2.41. The molecular weight excluding hydrogens is 420 g/mol. The van der Waals surface area contributed by atoms with Crippen LogP contribution in [-0.4, -0.2) is 68.0 Å². The zero-order valence-electron chi connectivity index (χ0n) is 17.9. The van der Waals surface area contributed by atoms with Gasteiger partial charge in [0, 0.05) is 18.1 Å². The Morgan fingerprint density at radius 2 is 1.87 bits per heavy atom. The van der Waals surface area contributed by atoms with Crippen molar-refractivity contribution in [3.63, 3.8) is 0 Å². The van der Waals surface area contributed by atoms with E-state index >= 15 is 0 Å². The zero-order valence-corrected chi connectivity index (χ0v) is 18.6. The quantitative estimate of drug-likeness (QED) is 0.401. The van der Waals surface area contributed by atoms with Gasteiger partial charge < -0.3 is 24.4 Å². The number of ketones is 1. The van der Waals surface area contributed by atoms with Crippen LogP contribution in [0, 0.1) is 0 Å². The number of hydrogen-bond acceptors (Lipinski definition) is 6. The van der Waals surface area contributed by atoms with E-state index in [1.54, 1.807) is 43.5 Å². The summed E-state index contributed by atoms with van der Waals surface area (Å²) in [6.45, 7) is 0.858. The summed E-state index contributed by atoms with van der Waals surface area (Å²) in [5, 5.41) is 11.6. The molecule has 1 aliphatic rings. The summed E-state index contributed by atoms with van der Waals surface area (Å²) in [5.41, 5.74) is 0.880. The molecule has 0 spiro atoms. The Bertz CT molecular complexity index is 1030. The number of nitrogens with zero attached hydrogens (tertiary/aromatic N) is 2. The number of carbonyl (C=O) groups is 2. The molecular formula is C23H25ClN2O5. The molecule has 7 nitrogen and oxygen atoms in total. The summed E-state index contributed by atoms with van der Waals surface area (Å²) < 4.78 is 10.7. The molecule has 1 fully saturated rings. The van der Waals surface area contributed by atoms with Crippen LogP contribution in [0.5, 0.6) is 11.5 Å². The van der Waals surface area contributed by atoms with E-state index in [1.165, 1.54) is 18.1 Å². The van der Waals surface area contributed by atoms with Gasteiger partial charge in [-0.2, -0.15) is 0 Å². The average molecular weight is 445 g/mol. The van der Waals surface area contributed by atoms with Crippen LogP contribution in [0.3, 0.4) is 0 Å². The number of rotatable bonds is 7. The molecule has 0 bridgehead atoms. The summed E-state index contributed by atoms with van der Waals surface area (Å²) in [4.78, 5) is 29.4. The second-order valence-corrected chi connectivity index (χ2v) is 7.85. The molecule has 2 aromatic carbocycles. The van der Waals surface area contributed by atoms with E-state index in [9.17, 15) is 14.7 Å². The molecule has 0 saturated carbocycles. The highest BCUT2D eigenvalue weighted by molar-refractivity contribution is 6.46. The molecule has 0 radical (unpaired) electrons. The van der Waals surface area contributed by atoms with Gasteiger partial charge in [0.25, 0.3) is 11.7 Å². The second kappa shape index (κ2) is 9.41. The molecule has 3 rings (SSSR count).